The Kier molecular flexibility index (Phi) is 3.14. The summed E-state index contributed by atoms with van der Waals surface area (Å²) in [5.74, 6) is 0.573. The molecule has 16 heavy (non-hydrogen) atoms. The summed E-state index contributed by atoms with van der Waals surface area (Å²) in [4.78, 5) is 4.18. The van der Waals surface area contributed by atoms with Gasteiger partial charge in [-0.05, 0) is 19.1 Å². The maximum absolute atomic E-state index is 9.05. The maximum atomic E-state index is 9.05. The number of aliphatic hydroxyl groups is 1. The number of hydrogen-bond acceptors (Lipinski definition) is 3. The average Bonchev–Trinajstić information content (AvgIpc) is 2.60. The summed E-state index contributed by atoms with van der Waals surface area (Å²) in [6, 6.07) is 3.38. The van der Waals surface area contributed by atoms with Gasteiger partial charge in [0.15, 0.2) is 5.82 Å². The summed E-state index contributed by atoms with van der Waals surface area (Å²) in [7, 11) is 0. The molecular formula is C10H9Cl2N3O. The molecule has 0 amide bonds. The number of aromatic nitrogens is 3. The van der Waals surface area contributed by atoms with Gasteiger partial charge < -0.3 is 5.11 Å². The first-order chi connectivity index (χ1) is 7.61. The fourth-order valence-electron chi connectivity index (χ4n) is 1.27. The molecule has 2 aromatic rings. The first-order valence-corrected chi connectivity index (χ1v) is 5.36. The van der Waals surface area contributed by atoms with E-state index in [1.54, 1.807) is 23.0 Å². The molecule has 0 spiro atoms. The molecule has 1 N–H and O–H groups in total. The maximum Gasteiger partial charge on any atom is 0.153 e. The quantitative estimate of drug-likeness (QED) is 0.899. The predicted molar refractivity (Wildman–Crippen MR) is 62.0 cm³/mol. The highest BCUT2D eigenvalue weighted by molar-refractivity contribution is 6.31. The number of aryl methyl sites for hydroxylation is 1. The molecule has 2 aromatic heterocycles. The molecule has 2 rings (SSSR count). The highest BCUT2D eigenvalue weighted by Crippen LogP contribution is 2.18. The largest absolute Gasteiger partial charge is 0.390 e. The van der Waals surface area contributed by atoms with E-state index in [-0.39, 0.29) is 6.61 Å². The molecule has 0 aliphatic carbocycles. The zero-order valence-electron chi connectivity index (χ0n) is 8.48. The van der Waals surface area contributed by atoms with Crippen molar-refractivity contribution >= 4 is 23.2 Å². The number of aliphatic hydroxyl groups excluding tert-OH is 1. The van der Waals surface area contributed by atoms with E-state index >= 15 is 0 Å². The third-order valence-electron chi connectivity index (χ3n) is 2.13. The highest BCUT2D eigenvalue weighted by atomic mass is 35.5. The van der Waals surface area contributed by atoms with Crippen molar-refractivity contribution in [1.82, 2.24) is 14.8 Å². The molecule has 0 saturated carbocycles. The van der Waals surface area contributed by atoms with Crippen LogP contribution in [0.3, 0.4) is 0 Å². The lowest BCUT2D eigenvalue weighted by atomic mass is 10.3. The van der Waals surface area contributed by atoms with Crippen LogP contribution < -0.4 is 0 Å². The minimum atomic E-state index is -0.208. The van der Waals surface area contributed by atoms with Gasteiger partial charge in [-0.1, -0.05) is 23.2 Å². The van der Waals surface area contributed by atoms with E-state index in [9.17, 15) is 0 Å². The molecule has 0 unspecified atom stereocenters. The number of hydrogen-bond donors (Lipinski definition) is 1. The molecule has 6 heteroatoms. The van der Waals surface area contributed by atoms with Crippen LogP contribution in [0.4, 0.5) is 0 Å². The first-order valence-electron chi connectivity index (χ1n) is 4.60. The van der Waals surface area contributed by atoms with E-state index in [4.69, 9.17) is 28.3 Å². The third-order valence-corrected chi connectivity index (χ3v) is 2.84. The van der Waals surface area contributed by atoms with E-state index in [0.29, 0.717) is 21.6 Å². The molecule has 4 nitrogen and oxygen atoms in total. The van der Waals surface area contributed by atoms with Gasteiger partial charge in [0, 0.05) is 0 Å². The van der Waals surface area contributed by atoms with Gasteiger partial charge in [0.25, 0.3) is 0 Å². The van der Waals surface area contributed by atoms with Crippen LogP contribution in [-0.4, -0.2) is 19.9 Å². The SMILES string of the molecule is Cc1nn(-c2ccc(Cl)c(CO)n2)cc1Cl. The van der Waals surface area contributed by atoms with Crippen molar-refractivity contribution < 1.29 is 5.11 Å². The first kappa shape index (κ1) is 11.4. The number of pyridine rings is 1. The van der Waals surface area contributed by atoms with Crippen LogP contribution in [0.25, 0.3) is 5.82 Å². The predicted octanol–water partition coefficient (Wildman–Crippen LogP) is 2.37. The minimum Gasteiger partial charge on any atom is -0.390 e. The van der Waals surface area contributed by atoms with Crippen LogP contribution in [0.2, 0.25) is 10.0 Å². The van der Waals surface area contributed by atoms with Gasteiger partial charge in [0.2, 0.25) is 0 Å². The summed E-state index contributed by atoms with van der Waals surface area (Å²) in [6.07, 6.45) is 1.66. The van der Waals surface area contributed by atoms with Gasteiger partial charge in [-0.25, -0.2) is 9.67 Å². The van der Waals surface area contributed by atoms with E-state index in [1.807, 2.05) is 6.92 Å². The van der Waals surface area contributed by atoms with Gasteiger partial charge >= 0.3 is 0 Å². The van der Waals surface area contributed by atoms with E-state index < -0.39 is 0 Å². The van der Waals surface area contributed by atoms with Crippen molar-refractivity contribution in [3.63, 3.8) is 0 Å². The topological polar surface area (TPSA) is 50.9 Å². The number of halogens is 2. The van der Waals surface area contributed by atoms with Gasteiger partial charge in [0.1, 0.15) is 0 Å². The van der Waals surface area contributed by atoms with Gasteiger partial charge in [-0.3, -0.25) is 0 Å². The zero-order chi connectivity index (χ0) is 11.7. The highest BCUT2D eigenvalue weighted by Gasteiger charge is 2.07. The fourth-order valence-corrected chi connectivity index (χ4v) is 1.56. The average molecular weight is 258 g/mol. The Labute approximate surface area is 102 Å². The Morgan fingerprint density at radius 3 is 2.62 bits per heavy atom. The summed E-state index contributed by atoms with van der Waals surface area (Å²) in [6.45, 7) is 1.60. The molecule has 0 aliphatic rings. The van der Waals surface area contributed by atoms with E-state index in [0.717, 1.165) is 5.69 Å². The standard InChI is InChI=1S/C10H9Cl2N3O/c1-6-8(12)4-15(14-6)10-3-2-7(11)9(5-16)13-10/h2-4,16H,5H2,1H3. The van der Waals surface area contributed by atoms with Crippen molar-refractivity contribution in [2.45, 2.75) is 13.5 Å². The second kappa shape index (κ2) is 4.41. The molecule has 0 radical (unpaired) electrons. The molecule has 0 bridgehead atoms. The summed E-state index contributed by atoms with van der Waals surface area (Å²) in [5.41, 5.74) is 1.15. The monoisotopic (exact) mass is 257 g/mol. The van der Waals surface area contributed by atoms with E-state index in [2.05, 4.69) is 10.1 Å². The summed E-state index contributed by atoms with van der Waals surface area (Å²) >= 11 is 11.7. The van der Waals surface area contributed by atoms with Crippen molar-refractivity contribution in [2.24, 2.45) is 0 Å². The molecule has 2 heterocycles. The number of nitrogens with zero attached hydrogens (tertiary/aromatic N) is 3. The Bertz CT molecular complexity index is 505. The van der Waals surface area contributed by atoms with Crippen LogP contribution in [0.5, 0.6) is 0 Å². The third kappa shape index (κ3) is 2.04. The van der Waals surface area contributed by atoms with Crippen LogP contribution in [-0.2, 0) is 6.61 Å². The molecule has 0 fully saturated rings. The lowest BCUT2D eigenvalue weighted by Gasteiger charge is -2.04. The van der Waals surface area contributed by atoms with Crippen molar-refractivity contribution in [3.05, 3.63) is 39.8 Å². The van der Waals surface area contributed by atoms with Crippen molar-refractivity contribution in [1.29, 1.82) is 0 Å². The van der Waals surface area contributed by atoms with Crippen LogP contribution in [0.1, 0.15) is 11.4 Å². The van der Waals surface area contributed by atoms with Gasteiger partial charge in [-0.2, -0.15) is 5.10 Å². The normalized spacial score (nSPS) is 10.8. The van der Waals surface area contributed by atoms with Crippen LogP contribution in [0.15, 0.2) is 18.3 Å². The lowest BCUT2D eigenvalue weighted by Crippen LogP contribution is -2.01. The Morgan fingerprint density at radius 1 is 1.31 bits per heavy atom. The minimum absolute atomic E-state index is 0.208. The molecule has 84 valence electrons. The molecule has 0 atom stereocenters. The molecule has 0 aromatic carbocycles. The smallest absolute Gasteiger partial charge is 0.153 e. The van der Waals surface area contributed by atoms with Crippen molar-refractivity contribution in [2.75, 3.05) is 0 Å². The zero-order valence-corrected chi connectivity index (χ0v) is 10.00. The van der Waals surface area contributed by atoms with Gasteiger partial charge in [0.05, 0.1) is 34.2 Å². The summed E-state index contributed by atoms with van der Waals surface area (Å²) in [5, 5.41) is 14.2. The molecule has 0 saturated heterocycles. The van der Waals surface area contributed by atoms with Gasteiger partial charge in [-0.15, -0.1) is 0 Å². The van der Waals surface area contributed by atoms with Crippen molar-refractivity contribution in [3.8, 4) is 5.82 Å². The second-order valence-electron chi connectivity index (χ2n) is 3.26. The Hall–Kier alpha value is -1.10. The summed E-state index contributed by atoms with van der Waals surface area (Å²) < 4.78 is 1.55. The van der Waals surface area contributed by atoms with Crippen LogP contribution in [0, 0.1) is 6.92 Å². The Balaban J connectivity index is 2.48. The Morgan fingerprint density at radius 2 is 2.06 bits per heavy atom. The number of rotatable bonds is 2. The molecule has 0 aliphatic heterocycles. The molecular weight excluding hydrogens is 249 g/mol. The fraction of sp³-hybridized carbons (Fsp3) is 0.200. The van der Waals surface area contributed by atoms with Crippen LogP contribution >= 0.6 is 23.2 Å². The van der Waals surface area contributed by atoms with E-state index in [1.165, 1.54) is 0 Å². The lowest BCUT2D eigenvalue weighted by molar-refractivity contribution is 0.277. The second-order valence-corrected chi connectivity index (χ2v) is 4.08.